The third-order valence-electron chi connectivity index (χ3n) is 6.08. The SMILES string of the molecule is CCCC[C@@H](NC(=O)[C@@H](Cc1ccccc1)N1C(=O)c2ccccc2C1=O)c1ccccc1. The molecule has 0 unspecified atom stereocenters. The second kappa shape index (κ2) is 10.3. The molecule has 168 valence electrons. The predicted octanol–water partition coefficient (Wildman–Crippen LogP) is 4.94. The second-order valence-electron chi connectivity index (χ2n) is 8.35. The first kappa shape index (κ1) is 22.5. The molecule has 0 saturated carbocycles. The quantitative estimate of drug-likeness (QED) is 0.479. The van der Waals surface area contributed by atoms with E-state index in [0.29, 0.717) is 11.1 Å². The van der Waals surface area contributed by atoms with Crippen LogP contribution in [0.25, 0.3) is 0 Å². The molecule has 2 atom stereocenters. The molecule has 1 N–H and O–H groups in total. The summed E-state index contributed by atoms with van der Waals surface area (Å²) in [5, 5.41) is 3.15. The highest BCUT2D eigenvalue weighted by molar-refractivity contribution is 6.22. The van der Waals surface area contributed by atoms with Gasteiger partial charge in [0.25, 0.3) is 11.8 Å². The van der Waals surface area contributed by atoms with Gasteiger partial charge in [0.1, 0.15) is 6.04 Å². The van der Waals surface area contributed by atoms with Crippen molar-refractivity contribution in [2.75, 3.05) is 0 Å². The van der Waals surface area contributed by atoms with E-state index in [4.69, 9.17) is 0 Å². The third kappa shape index (κ3) is 4.87. The molecule has 33 heavy (non-hydrogen) atoms. The van der Waals surface area contributed by atoms with E-state index in [1.165, 1.54) is 0 Å². The van der Waals surface area contributed by atoms with Gasteiger partial charge in [0.15, 0.2) is 0 Å². The molecule has 0 radical (unpaired) electrons. The molecule has 1 aliphatic heterocycles. The maximum absolute atomic E-state index is 13.7. The Kier molecular flexibility index (Phi) is 6.98. The highest BCUT2D eigenvalue weighted by Crippen LogP contribution is 2.27. The van der Waals surface area contributed by atoms with Crippen molar-refractivity contribution in [3.05, 3.63) is 107 Å². The molecule has 0 aliphatic carbocycles. The minimum atomic E-state index is -0.937. The number of hydrogen-bond donors (Lipinski definition) is 1. The van der Waals surface area contributed by atoms with Crippen molar-refractivity contribution in [1.29, 1.82) is 0 Å². The lowest BCUT2D eigenvalue weighted by Gasteiger charge is -2.28. The Bertz CT molecular complexity index is 1090. The molecule has 0 aromatic heterocycles. The Morgan fingerprint density at radius 1 is 0.818 bits per heavy atom. The number of carbonyl (C=O) groups is 3. The summed E-state index contributed by atoms with van der Waals surface area (Å²) < 4.78 is 0. The van der Waals surface area contributed by atoms with Gasteiger partial charge in [-0.2, -0.15) is 0 Å². The van der Waals surface area contributed by atoms with Crippen molar-refractivity contribution in [2.45, 2.75) is 44.7 Å². The molecular weight excluding hydrogens is 412 g/mol. The summed E-state index contributed by atoms with van der Waals surface area (Å²) in [7, 11) is 0. The molecule has 0 fully saturated rings. The van der Waals surface area contributed by atoms with Gasteiger partial charge in [-0.25, -0.2) is 0 Å². The number of nitrogens with zero attached hydrogens (tertiary/aromatic N) is 1. The molecule has 4 rings (SSSR count). The summed E-state index contributed by atoms with van der Waals surface area (Å²) >= 11 is 0. The summed E-state index contributed by atoms with van der Waals surface area (Å²) in [6.45, 7) is 2.11. The second-order valence-corrected chi connectivity index (χ2v) is 8.35. The smallest absolute Gasteiger partial charge is 0.262 e. The average molecular weight is 441 g/mol. The third-order valence-corrected chi connectivity index (χ3v) is 6.08. The molecule has 0 bridgehead atoms. The topological polar surface area (TPSA) is 66.5 Å². The Labute approximate surface area is 194 Å². The monoisotopic (exact) mass is 440 g/mol. The van der Waals surface area contributed by atoms with E-state index >= 15 is 0 Å². The number of fused-ring (bicyclic) bond motifs is 1. The van der Waals surface area contributed by atoms with Gasteiger partial charge in [-0.3, -0.25) is 19.3 Å². The standard InChI is InChI=1S/C28H28N2O3/c1-2-3-18-24(21-14-8-5-9-15-21)29-26(31)25(19-20-12-6-4-7-13-20)30-27(32)22-16-10-11-17-23(22)28(30)33/h4-17,24-25H,2-3,18-19H2,1H3,(H,29,31)/t24-,25-/m1/s1. The van der Waals surface area contributed by atoms with Gasteiger partial charge in [0.2, 0.25) is 5.91 Å². The van der Waals surface area contributed by atoms with Crippen molar-refractivity contribution in [2.24, 2.45) is 0 Å². The summed E-state index contributed by atoms with van der Waals surface area (Å²) in [5.41, 5.74) is 2.59. The fraction of sp³-hybridized carbons (Fsp3) is 0.250. The van der Waals surface area contributed by atoms with Gasteiger partial charge >= 0.3 is 0 Å². The Hall–Kier alpha value is -3.73. The zero-order valence-corrected chi connectivity index (χ0v) is 18.7. The van der Waals surface area contributed by atoms with E-state index < -0.39 is 17.9 Å². The Morgan fingerprint density at radius 3 is 1.94 bits per heavy atom. The van der Waals surface area contributed by atoms with Crippen LogP contribution in [-0.2, 0) is 11.2 Å². The van der Waals surface area contributed by atoms with Crippen LogP contribution in [0.3, 0.4) is 0 Å². The number of nitrogens with one attached hydrogen (secondary N) is 1. The minimum Gasteiger partial charge on any atom is -0.347 e. The van der Waals surface area contributed by atoms with Crippen molar-refractivity contribution < 1.29 is 14.4 Å². The van der Waals surface area contributed by atoms with Crippen LogP contribution in [0.2, 0.25) is 0 Å². The van der Waals surface area contributed by atoms with Crippen LogP contribution >= 0.6 is 0 Å². The number of rotatable bonds is 9. The van der Waals surface area contributed by atoms with Crippen molar-refractivity contribution in [1.82, 2.24) is 10.2 Å². The lowest BCUT2D eigenvalue weighted by atomic mass is 9.99. The van der Waals surface area contributed by atoms with Crippen molar-refractivity contribution in [3.63, 3.8) is 0 Å². The molecular formula is C28H28N2O3. The molecule has 3 aromatic rings. The number of amides is 3. The van der Waals surface area contributed by atoms with Crippen LogP contribution in [0, 0.1) is 0 Å². The normalized spacial score (nSPS) is 14.6. The average Bonchev–Trinajstić information content (AvgIpc) is 3.11. The van der Waals surface area contributed by atoms with Gasteiger partial charge < -0.3 is 5.32 Å². The zero-order valence-electron chi connectivity index (χ0n) is 18.7. The first-order valence-electron chi connectivity index (χ1n) is 11.5. The molecule has 5 nitrogen and oxygen atoms in total. The Morgan fingerprint density at radius 2 is 1.36 bits per heavy atom. The fourth-order valence-electron chi connectivity index (χ4n) is 4.31. The number of benzene rings is 3. The van der Waals surface area contributed by atoms with Gasteiger partial charge in [0.05, 0.1) is 17.2 Å². The van der Waals surface area contributed by atoms with Crippen LogP contribution in [0.15, 0.2) is 84.9 Å². The van der Waals surface area contributed by atoms with Gasteiger partial charge in [0, 0.05) is 6.42 Å². The maximum atomic E-state index is 13.7. The first-order valence-corrected chi connectivity index (χ1v) is 11.5. The lowest BCUT2D eigenvalue weighted by molar-refractivity contribution is -0.125. The lowest BCUT2D eigenvalue weighted by Crippen LogP contribution is -2.51. The van der Waals surface area contributed by atoms with Gasteiger partial charge in [-0.15, -0.1) is 0 Å². The molecule has 5 heteroatoms. The number of hydrogen-bond acceptors (Lipinski definition) is 3. The molecule has 3 amide bonds. The van der Waals surface area contributed by atoms with Crippen molar-refractivity contribution in [3.8, 4) is 0 Å². The largest absolute Gasteiger partial charge is 0.347 e. The predicted molar refractivity (Wildman–Crippen MR) is 128 cm³/mol. The minimum absolute atomic E-state index is 0.188. The number of unbranched alkanes of at least 4 members (excludes halogenated alkanes) is 1. The zero-order chi connectivity index (χ0) is 23.2. The number of carbonyl (C=O) groups excluding carboxylic acids is 3. The summed E-state index contributed by atoms with van der Waals surface area (Å²) in [5.74, 6) is -1.16. The van der Waals surface area contributed by atoms with Gasteiger partial charge in [-0.05, 0) is 29.7 Å². The van der Waals surface area contributed by atoms with Crippen LogP contribution in [0.1, 0.15) is 64.1 Å². The van der Waals surface area contributed by atoms with E-state index in [0.717, 1.165) is 35.3 Å². The molecule has 0 spiro atoms. The summed E-state index contributed by atoms with van der Waals surface area (Å²) in [4.78, 5) is 41.2. The fourth-order valence-corrected chi connectivity index (χ4v) is 4.31. The van der Waals surface area contributed by atoms with Crippen LogP contribution in [0.5, 0.6) is 0 Å². The summed E-state index contributed by atoms with van der Waals surface area (Å²) in [6.07, 6.45) is 3.00. The van der Waals surface area contributed by atoms with E-state index in [1.54, 1.807) is 24.3 Å². The van der Waals surface area contributed by atoms with E-state index in [9.17, 15) is 14.4 Å². The highest BCUT2D eigenvalue weighted by atomic mass is 16.2. The van der Waals surface area contributed by atoms with Crippen molar-refractivity contribution >= 4 is 17.7 Å². The highest BCUT2D eigenvalue weighted by Gasteiger charge is 2.43. The maximum Gasteiger partial charge on any atom is 0.262 e. The first-order chi connectivity index (χ1) is 16.1. The van der Waals surface area contributed by atoms with E-state index in [1.807, 2.05) is 60.7 Å². The van der Waals surface area contributed by atoms with E-state index in [-0.39, 0.29) is 18.4 Å². The Balaban J connectivity index is 1.65. The molecule has 3 aromatic carbocycles. The van der Waals surface area contributed by atoms with Crippen LogP contribution in [-0.4, -0.2) is 28.7 Å². The molecule has 1 aliphatic rings. The molecule has 0 saturated heterocycles. The molecule has 1 heterocycles. The van der Waals surface area contributed by atoms with E-state index in [2.05, 4.69) is 12.2 Å². The van der Waals surface area contributed by atoms with Crippen LogP contribution < -0.4 is 5.32 Å². The van der Waals surface area contributed by atoms with Gasteiger partial charge in [-0.1, -0.05) is 92.6 Å². The number of imide groups is 1. The summed E-state index contributed by atoms with van der Waals surface area (Å²) in [6, 6.07) is 24.9. The van der Waals surface area contributed by atoms with Crippen LogP contribution in [0.4, 0.5) is 0 Å².